The molecule has 0 bridgehead atoms. The summed E-state index contributed by atoms with van der Waals surface area (Å²) in [4.78, 5) is 17.3. The summed E-state index contributed by atoms with van der Waals surface area (Å²) in [6.07, 6.45) is 0.423. The monoisotopic (exact) mass is 540 g/mol. The van der Waals surface area contributed by atoms with Crippen molar-refractivity contribution in [3.8, 4) is 11.5 Å². The SMILES string of the molecule is Cl.Cl.O=C(Cc1ccc(Oc2ccc(Cl)cc2Cl)cc1)CN1CCN(Cc2ccccc2)CC1. The molecule has 0 N–H and O–H groups in total. The number of rotatable bonds is 8. The van der Waals surface area contributed by atoms with Crippen LogP contribution >= 0.6 is 48.0 Å². The summed E-state index contributed by atoms with van der Waals surface area (Å²) >= 11 is 12.1. The summed E-state index contributed by atoms with van der Waals surface area (Å²) in [6.45, 7) is 5.29. The van der Waals surface area contributed by atoms with Crippen molar-refractivity contribution in [3.63, 3.8) is 0 Å². The zero-order valence-electron chi connectivity index (χ0n) is 18.7. The fraction of sp³-hybridized carbons (Fsp3) is 0.269. The molecule has 0 amide bonds. The lowest BCUT2D eigenvalue weighted by Gasteiger charge is -2.34. The van der Waals surface area contributed by atoms with Crippen LogP contribution in [0.2, 0.25) is 10.0 Å². The normalized spacial score (nSPS) is 14.1. The number of carbonyl (C=O) groups is 1. The number of ketones is 1. The largest absolute Gasteiger partial charge is 0.456 e. The number of hydrogen-bond donors (Lipinski definition) is 0. The molecule has 1 aliphatic rings. The van der Waals surface area contributed by atoms with Crippen molar-refractivity contribution >= 4 is 53.8 Å². The maximum Gasteiger partial charge on any atom is 0.151 e. The first kappa shape index (κ1) is 28.4. The maximum absolute atomic E-state index is 12.6. The number of piperazine rings is 1. The highest BCUT2D eigenvalue weighted by atomic mass is 35.5. The van der Waals surface area contributed by atoms with E-state index < -0.39 is 0 Å². The highest BCUT2D eigenvalue weighted by molar-refractivity contribution is 6.35. The average Bonchev–Trinajstić information content (AvgIpc) is 2.79. The van der Waals surface area contributed by atoms with Gasteiger partial charge in [-0.15, -0.1) is 24.8 Å². The highest BCUT2D eigenvalue weighted by Gasteiger charge is 2.19. The van der Waals surface area contributed by atoms with E-state index in [2.05, 4.69) is 34.1 Å². The van der Waals surface area contributed by atoms with E-state index in [1.165, 1.54) is 5.56 Å². The molecule has 1 fully saturated rings. The molecular formula is C26H28Cl4N2O2. The lowest BCUT2D eigenvalue weighted by atomic mass is 10.1. The van der Waals surface area contributed by atoms with Crippen LogP contribution in [0, 0.1) is 0 Å². The van der Waals surface area contributed by atoms with Crippen LogP contribution in [0.5, 0.6) is 11.5 Å². The van der Waals surface area contributed by atoms with Crippen molar-refractivity contribution in [1.82, 2.24) is 9.80 Å². The number of ether oxygens (including phenoxy) is 1. The number of nitrogens with zero attached hydrogens (tertiary/aromatic N) is 2. The van der Waals surface area contributed by atoms with Crippen LogP contribution in [0.15, 0.2) is 72.8 Å². The molecule has 182 valence electrons. The molecule has 0 saturated carbocycles. The molecule has 0 unspecified atom stereocenters. The molecule has 4 rings (SSSR count). The van der Waals surface area contributed by atoms with Gasteiger partial charge in [-0.2, -0.15) is 0 Å². The maximum atomic E-state index is 12.6. The highest BCUT2D eigenvalue weighted by Crippen LogP contribution is 2.31. The van der Waals surface area contributed by atoms with Gasteiger partial charge in [-0.05, 0) is 41.5 Å². The fourth-order valence-electron chi connectivity index (χ4n) is 3.84. The van der Waals surface area contributed by atoms with Crippen molar-refractivity contribution < 1.29 is 9.53 Å². The van der Waals surface area contributed by atoms with Crippen LogP contribution < -0.4 is 4.74 Å². The molecule has 0 aliphatic carbocycles. The van der Waals surface area contributed by atoms with Gasteiger partial charge < -0.3 is 4.74 Å². The Morgan fingerprint density at radius 3 is 2.09 bits per heavy atom. The molecule has 3 aromatic carbocycles. The lowest BCUT2D eigenvalue weighted by molar-refractivity contribution is -0.120. The molecule has 0 atom stereocenters. The number of Topliss-reactive ketones (excluding diaryl/α,β-unsaturated/α-hetero) is 1. The molecule has 8 heteroatoms. The molecule has 1 aliphatic heterocycles. The summed E-state index contributed by atoms with van der Waals surface area (Å²) in [7, 11) is 0. The Labute approximate surface area is 223 Å². The Balaban J connectivity index is 0.00000204. The van der Waals surface area contributed by atoms with Crippen LogP contribution in [0.4, 0.5) is 0 Å². The number of halogens is 4. The van der Waals surface area contributed by atoms with Gasteiger partial charge in [-0.3, -0.25) is 14.6 Å². The van der Waals surface area contributed by atoms with E-state index in [9.17, 15) is 4.79 Å². The van der Waals surface area contributed by atoms with Gasteiger partial charge >= 0.3 is 0 Å². The molecule has 1 heterocycles. The third kappa shape index (κ3) is 8.46. The predicted octanol–water partition coefficient (Wildman–Crippen LogP) is 6.56. The second-order valence-corrected chi connectivity index (χ2v) is 8.92. The van der Waals surface area contributed by atoms with Crippen molar-refractivity contribution in [2.75, 3.05) is 32.7 Å². The van der Waals surface area contributed by atoms with Gasteiger partial charge in [0.2, 0.25) is 0 Å². The van der Waals surface area contributed by atoms with E-state index in [1.807, 2.05) is 30.3 Å². The molecule has 0 radical (unpaired) electrons. The van der Waals surface area contributed by atoms with E-state index in [0.717, 1.165) is 38.3 Å². The van der Waals surface area contributed by atoms with Crippen LogP contribution in [-0.2, 0) is 17.8 Å². The number of benzene rings is 3. The predicted molar refractivity (Wildman–Crippen MR) is 144 cm³/mol. The minimum absolute atomic E-state index is 0. The minimum Gasteiger partial charge on any atom is -0.456 e. The van der Waals surface area contributed by atoms with Crippen molar-refractivity contribution in [1.29, 1.82) is 0 Å². The molecule has 34 heavy (non-hydrogen) atoms. The molecule has 0 spiro atoms. The summed E-state index contributed by atoms with van der Waals surface area (Å²) in [5.41, 5.74) is 2.31. The van der Waals surface area contributed by atoms with Crippen LogP contribution in [0.25, 0.3) is 0 Å². The molecule has 4 nitrogen and oxygen atoms in total. The third-order valence-corrected chi connectivity index (χ3v) is 6.09. The van der Waals surface area contributed by atoms with Gasteiger partial charge in [-0.25, -0.2) is 0 Å². The zero-order valence-corrected chi connectivity index (χ0v) is 21.8. The standard InChI is InChI=1S/C26H26Cl2N2O2.2ClH/c27-22-8-11-26(25(28)17-22)32-24-9-6-20(7-10-24)16-23(31)19-30-14-12-29(13-15-30)18-21-4-2-1-3-5-21;;/h1-11,17H,12-16,18-19H2;2*1H. The Morgan fingerprint density at radius 1 is 0.794 bits per heavy atom. The summed E-state index contributed by atoms with van der Waals surface area (Å²) < 4.78 is 5.81. The fourth-order valence-corrected chi connectivity index (χ4v) is 4.29. The topological polar surface area (TPSA) is 32.8 Å². The van der Waals surface area contributed by atoms with Gasteiger partial charge in [0.05, 0.1) is 11.6 Å². The van der Waals surface area contributed by atoms with Gasteiger partial charge in [0.1, 0.15) is 11.5 Å². The Bertz CT molecular complexity index is 1040. The van der Waals surface area contributed by atoms with Crippen LogP contribution in [0.3, 0.4) is 0 Å². The third-order valence-electron chi connectivity index (χ3n) is 5.56. The molecule has 3 aromatic rings. The molecule has 0 aromatic heterocycles. The van der Waals surface area contributed by atoms with Crippen LogP contribution in [-0.4, -0.2) is 48.3 Å². The van der Waals surface area contributed by atoms with E-state index >= 15 is 0 Å². The van der Waals surface area contributed by atoms with E-state index in [4.69, 9.17) is 27.9 Å². The van der Waals surface area contributed by atoms with E-state index in [-0.39, 0.29) is 30.6 Å². The van der Waals surface area contributed by atoms with Gasteiger partial charge in [0.15, 0.2) is 5.78 Å². The lowest BCUT2D eigenvalue weighted by Crippen LogP contribution is -2.47. The quantitative estimate of drug-likeness (QED) is 0.323. The van der Waals surface area contributed by atoms with Crippen molar-refractivity contribution in [3.05, 3.63) is 94.0 Å². The summed E-state index contributed by atoms with van der Waals surface area (Å²) in [5, 5.41) is 1.02. The Morgan fingerprint density at radius 2 is 1.44 bits per heavy atom. The number of hydrogen-bond acceptors (Lipinski definition) is 4. The van der Waals surface area contributed by atoms with Gasteiger partial charge in [0.25, 0.3) is 0 Å². The van der Waals surface area contributed by atoms with Crippen molar-refractivity contribution in [2.45, 2.75) is 13.0 Å². The van der Waals surface area contributed by atoms with Crippen molar-refractivity contribution in [2.24, 2.45) is 0 Å². The minimum atomic E-state index is 0. The first-order valence-electron chi connectivity index (χ1n) is 10.8. The smallest absolute Gasteiger partial charge is 0.151 e. The second-order valence-electron chi connectivity index (χ2n) is 8.07. The Hall–Kier alpha value is -1.79. The van der Waals surface area contributed by atoms with Gasteiger partial charge in [-0.1, -0.05) is 65.7 Å². The first-order chi connectivity index (χ1) is 15.5. The Kier molecular flexibility index (Phi) is 11.7. The summed E-state index contributed by atoms with van der Waals surface area (Å²) in [5.74, 6) is 1.45. The van der Waals surface area contributed by atoms with Gasteiger partial charge in [0, 0.05) is 44.2 Å². The number of carbonyl (C=O) groups excluding carboxylic acids is 1. The molecule has 1 saturated heterocycles. The average molecular weight is 542 g/mol. The zero-order chi connectivity index (χ0) is 22.3. The molecular weight excluding hydrogens is 514 g/mol. The van der Waals surface area contributed by atoms with E-state index in [0.29, 0.717) is 34.5 Å². The van der Waals surface area contributed by atoms with E-state index in [1.54, 1.807) is 18.2 Å². The second kappa shape index (κ2) is 13.9. The van der Waals surface area contributed by atoms with Crippen LogP contribution in [0.1, 0.15) is 11.1 Å². The summed E-state index contributed by atoms with van der Waals surface area (Å²) in [6, 6.07) is 23.2. The first-order valence-corrected chi connectivity index (χ1v) is 11.5.